The lowest BCUT2D eigenvalue weighted by Gasteiger charge is -2.36. The number of ether oxygens (including phenoxy) is 2. The third-order valence-corrected chi connectivity index (χ3v) is 4.46. The molecule has 1 N–H and O–H groups in total. The molecule has 0 aliphatic carbocycles. The van der Waals surface area contributed by atoms with E-state index < -0.39 is 5.60 Å². The maximum atomic E-state index is 12.3. The van der Waals surface area contributed by atoms with Crippen molar-refractivity contribution in [3.63, 3.8) is 0 Å². The minimum absolute atomic E-state index is 0. The summed E-state index contributed by atoms with van der Waals surface area (Å²) >= 11 is 0. The zero-order valence-corrected chi connectivity index (χ0v) is 21.0. The van der Waals surface area contributed by atoms with Gasteiger partial charge in [-0.25, -0.2) is 4.79 Å². The zero-order valence-electron chi connectivity index (χ0n) is 18.6. The summed E-state index contributed by atoms with van der Waals surface area (Å²) in [7, 11) is 0. The first-order valence-corrected chi connectivity index (χ1v) is 10.4. The van der Waals surface area contributed by atoms with Gasteiger partial charge in [-0.2, -0.15) is 0 Å². The molecule has 166 valence electrons. The van der Waals surface area contributed by atoms with Crippen molar-refractivity contribution in [3.05, 3.63) is 0 Å². The molecule has 1 rings (SSSR count). The van der Waals surface area contributed by atoms with Crippen molar-refractivity contribution >= 4 is 36.0 Å². The van der Waals surface area contributed by atoms with E-state index in [4.69, 9.17) is 9.47 Å². The Hall–Kier alpha value is -0.770. The summed E-state index contributed by atoms with van der Waals surface area (Å²) in [6.07, 6.45) is 1.89. The van der Waals surface area contributed by atoms with Crippen LogP contribution in [0.2, 0.25) is 0 Å². The van der Waals surface area contributed by atoms with Gasteiger partial charge in [0.15, 0.2) is 5.96 Å². The van der Waals surface area contributed by atoms with Crippen LogP contribution in [0.3, 0.4) is 0 Å². The van der Waals surface area contributed by atoms with Gasteiger partial charge in [-0.15, -0.1) is 24.0 Å². The van der Waals surface area contributed by atoms with E-state index in [-0.39, 0.29) is 30.1 Å². The molecule has 0 bridgehead atoms. The molecule has 28 heavy (non-hydrogen) atoms. The normalized spacial score (nSPS) is 15.8. The fourth-order valence-electron chi connectivity index (χ4n) is 3.08. The largest absolute Gasteiger partial charge is 0.444 e. The summed E-state index contributed by atoms with van der Waals surface area (Å²) in [4.78, 5) is 21.2. The predicted octanol–water partition coefficient (Wildman–Crippen LogP) is 3.58. The highest BCUT2D eigenvalue weighted by atomic mass is 127. The summed E-state index contributed by atoms with van der Waals surface area (Å²) in [6, 6.07) is 0. The second-order valence-corrected chi connectivity index (χ2v) is 7.88. The number of aliphatic imine (C=N–C) groups is 1. The number of carbonyl (C=O) groups is 1. The van der Waals surface area contributed by atoms with Gasteiger partial charge in [0.25, 0.3) is 0 Å². The molecular formula is C20H41IN4O3. The summed E-state index contributed by atoms with van der Waals surface area (Å²) in [5, 5.41) is 3.38. The quantitative estimate of drug-likeness (QED) is 0.233. The Bertz CT molecular complexity index is 461. The summed E-state index contributed by atoms with van der Waals surface area (Å²) in [5.41, 5.74) is -0.452. The number of nitrogens with one attached hydrogen (secondary N) is 1. The summed E-state index contributed by atoms with van der Waals surface area (Å²) < 4.78 is 10.9. The smallest absolute Gasteiger partial charge is 0.410 e. The molecule has 1 saturated heterocycles. The van der Waals surface area contributed by atoms with E-state index in [9.17, 15) is 4.79 Å². The number of amides is 1. The lowest BCUT2D eigenvalue weighted by Crippen LogP contribution is -2.48. The second-order valence-electron chi connectivity index (χ2n) is 7.88. The molecule has 0 radical (unpaired) electrons. The van der Waals surface area contributed by atoms with Crippen LogP contribution in [-0.4, -0.2) is 79.9 Å². The lowest BCUT2D eigenvalue weighted by molar-refractivity contribution is 0.0214. The Morgan fingerprint density at radius 3 is 2.36 bits per heavy atom. The van der Waals surface area contributed by atoms with Crippen LogP contribution < -0.4 is 5.32 Å². The van der Waals surface area contributed by atoms with Gasteiger partial charge < -0.3 is 24.6 Å². The number of likely N-dealkylation sites (tertiary alicyclic amines) is 1. The molecule has 0 aromatic carbocycles. The van der Waals surface area contributed by atoms with Crippen LogP contribution in [0.5, 0.6) is 0 Å². The molecule has 8 heteroatoms. The van der Waals surface area contributed by atoms with Crippen LogP contribution in [-0.2, 0) is 9.47 Å². The average molecular weight is 512 g/mol. The summed E-state index contributed by atoms with van der Waals surface area (Å²) in [6.45, 7) is 18.1. The summed E-state index contributed by atoms with van der Waals surface area (Å²) in [5.74, 6) is 1.47. The van der Waals surface area contributed by atoms with E-state index >= 15 is 0 Å². The predicted molar refractivity (Wildman–Crippen MR) is 126 cm³/mol. The number of hydrogen-bond acceptors (Lipinski definition) is 4. The highest BCUT2D eigenvalue weighted by molar-refractivity contribution is 14.0. The van der Waals surface area contributed by atoms with Crippen LogP contribution >= 0.6 is 24.0 Å². The van der Waals surface area contributed by atoms with Gasteiger partial charge in [0.2, 0.25) is 0 Å². The van der Waals surface area contributed by atoms with Crippen LogP contribution in [0.1, 0.15) is 54.4 Å². The Morgan fingerprint density at radius 2 is 1.86 bits per heavy atom. The van der Waals surface area contributed by atoms with Gasteiger partial charge in [0.05, 0.1) is 13.2 Å². The molecule has 1 amide bonds. The van der Waals surface area contributed by atoms with Crippen molar-refractivity contribution in [1.82, 2.24) is 15.1 Å². The number of halogens is 1. The van der Waals surface area contributed by atoms with E-state index in [1.165, 1.54) is 0 Å². The third kappa shape index (κ3) is 10.7. The van der Waals surface area contributed by atoms with Gasteiger partial charge in [-0.1, -0.05) is 0 Å². The van der Waals surface area contributed by atoms with E-state index in [0.29, 0.717) is 25.6 Å². The Labute approximate surface area is 188 Å². The first kappa shape index (κ1) is 27.2. The topological polar surface area (TPSA) is 66.4 Å². The van der Waals surface area contributed by atoms with Gasteiger partial charge in [-0.3, -0.25) is 4.99 Å². The Morgan fingerprint density at radius 1 is 1.21 bits per heavy atom. The number of nitrogens with zero attached hydrogens (tertiary/aromatic N) is 3. The average Bonchev–Trinajstić information content (AvgIpc) is 2.61. The van der Waals surface area contributed by atoms with Crippen molar-refractivity contribution < 1.29 is 14.3 Å². The van der Waals surface area contributed by atoms with E-state index in [1.54, 1.807) is 0 Å². The first-order chi connectivity index (χ1) is 12.8. The van der Waals surface area contributed by atoms with E-state index in [0.717, 1.165) is 51.6 Å². The molecule has 0 saturated carbocycles. The number of piperidine rings is 1. The maximum absolute atomic E-state index is 12.3. The van der Waals surface area contributed by atoms with Crippen molar-refractivity contribution in [2.24, 2.45) is 10.9 Å². The number of guanidine groups is 1. The highest BCUT2D eigenvalue weighted by Crippen LogP contribution is 2.20. The fourth-order valence-corrected chi connectivity index (χ4v) is 3.08. The Balaban J connectivity index is 0.00000729. The first-order valence-electron chi connectivity index (χ1n) is 10.4. The highest BCUT2D eigenvalue weighted by Gasteiger charge is 2.27. The van der Waals surface area contributed by atoms with E-state index in [1.807, 2.05) is 39.5 Å². The maximum Gasteiger partial charge on any atom is 0.410 e. The molecule has 1 aliphatic rings. The number of hydrogen-bond donors (Lipinski definition) is 1. The Kier molecular flexibility index (Phi) is 13.9. The SMILES string of the molecule is CCNC(=NCCOCC)N1CCC(CN(CC)C(=O)OC(C)(C)C)CC1.I. The van der Waals surface area contributed by atoms with E-state index in [2.05, 4.69) is 22.1 Å². The van der Waals surface area contributed by atoms with Crippen LogP contribution in [0, 0.1) is 5.92 Å². The van der Waals surface area contributed by atoms with Gasteiger partial charge in [-0.05, 0) is 60.3 Å². The molecular weight excluding hydrogens is 471 g/mol. The molecule has 0 spiro atoms. The minimum Gasteiger partial charge on any atom is -0.444 e. The molecule has 0 aromatic heterocycles. The van der Waals surface area contributed by atoms with Crippen LogP contribution in [0.25, 0.3) is 0 Å². The molecule has 0 unspecified atom stereocenters. The number of rotatable bonds is 8. The third-order valence-electron chi connectivity index (χ3n) is 4.46. The van der Waals surface area contributed by atoms with Crippen molar-refractivity contribution in [2.75, 3.05) is 52.5 Å². The molecule has 1 heterocycles. The van der Waals surface area contributed by atoms with Gasteiger partial charge in [0.1, 0.15) is 5.60 Å². The molecule has 7 nitrogen and oxygen atoms in total. The second kappa shape index (κ2) is 14.3. The standard InChI is InChI=1S/C20H40N4O3.HI/c1-7-21-18(22-12-15-26-9-3)24-13-10-17(11-14-24)16-23(8-2)19(25)27-20(4,5)6;/h17H,7-16H2,1-6H3,(H,21,22);1H. The van der Waals surface area contributed by atoms with Gasteiger partial charge >= 0.3 is 6.09 Å². The number of carbonyl (C=O) groups excluding carboxylic acids is 1. The van der Waals surface area contributed by atoms with Gasteiger partial charge in [0, 0.05) is 39.3 Å². The zero-order chi connectivity index (χ0) is 20.3. The molecule has 1 aliphatic heterocycles. The van der Waals surface area contributed by atoms with Crippen molar-refractivity contribution in [1.29, 1.82) is 0 Å². The fraction of sp³-hybridized carbons (Fsp3) is 0.900. The minimum atomic E-state index is -0.452. The monoisotopic (exact) mass is 512 g/mol. The lowest BCUT2D eigenvalue weighted by atomic mass is 9.96. The van der Waals surface area contributed by atoms with Crippen LogP contribution in [0.15, 0.2) is 4.99 Å². The van der Waals surface area contributed by atoms with Crippen LogP contribution in [0.4, 0.5) is 4.79 Å². The van der Waals surface area contributed by atoms with Crippen molar-refractivity contribution in [3.8, 4) is 0 Å². The molecule has 1 fully saturated rings. The molecule has 0 atom stereocenters. The van der Waals surface area contributed by atoms with Crippen molar-refractivity contribution in [2.45, 2.75) is 60.0 Å². The molecule has 0 aromatic rings.